The Hall–Kier alpha value is -1.22. The van der Waals surface area contributed by atoms with Gasteiger partial charge >= 0.3 is 0 Å². The van der Waals surface area contributed by atoms with Crippen LogP contribution in [0.15, 0.2) is 18.2 Å². The van der Waals surface area contributed by atoms with E-state index >= 15 is 0 Å². The first-order valence-electron chi connectivity index (χ1n) is 6.85. The van der Waals surface area contributed by atoms with Gasteiger partial charge in [-0.25, -0.2) is 0 Å². The lowest BCUT2D eigenvalue weighted by molar-refractivity contribution is 0.317. The van der Waals surface area contributed by atoms with E-state index < -0.39 is 0 Å². The van der Waals surface area contributed by atoms with Crippen LogP contribution in [0.4, 0.5) is 0 Å². The van der Waals surface area contributed by atoms with Crippen LogP contribution in [-0.4, -0.2) is 24.3 Å². The number of rotatable bonds is 8. The van der Waals surface area contributed by atoms with Crippen molar-refractivity contribution in [1.82, 2.24) is 5.32 Å². The maximum Gasteiger partial charge on any atom is 0.161 e. The maximum absolute atomic E-state index is 9.62. The van der Waals surface area contributed by atoms with Gasteiger partial charge < -0.3 is 15.2 Å². The van der Waals surface area contributed by atoms with Crippen molar-refractivity contribution in [1.29, 1.82) is 0 Å². The fraction of sp³-hybridized carbons (Fsp3) is 0.600. The largest absolute Gasteiger partial charge is 0.504 e. The minimum atomic E-state index is 0.220. The van der Waals surface area contributed by atoms with Crippen molar-refractivity contribution in [3.63, 3.8) is 0 Å². The zero-order chi connectivity index (χ0) is 13.4. The number of aryl methyl sites for hydroxylation is 1. The highest BCUT2D eigenvalue weighted by Crippen LogP contribution is 2.27. The fourth-order valence-electron chi connectivity index (χ4n) is 1.86. The predicted molar refractivity (Wildman–Crippen MR) is 75.4 cm³/mol. The van der Waals surface area contributed by atoms with Gasteiger partial charge in [-0.15, -0.1) is 0 Å². The van der Waals surface area contributed by atoms with Gasteiger partial charge in [-0.2, -0.15) is 0 Å². The van der Waals surface area contributed by atoms with Crippen molar-refractivity contribution in [3.8, 4) is 11.5 Å². The smallest absolute Gasteiger partial charge is 0.161 e. The molecule has 0 saturated carbocycles. The number of hydrogen-bond acceptors (Lipinski definition) is 3. The lowest BCUT2D eigenvalue weighted by Gasteiger charge is -2.13. The Balaban J connectivity index is 2.49. The average Bonchev–Trinajstić information content (AvgIpc) is 2.37. The lowest BCUT2D eigenvalue weighted by Crippen LogP contribution is -2.27. The van der Waals surface area contributed by atoms with Crippen LogP contribution in [0.2, 0.25) is 0 Å². The van der Waals surface area contributed by atoms with Crippen molar-refractivity contribution in [2.75, 3.05) is 13.2 Å². The molecule has 0 aliphatic heterocycles. The monoisotopic (exact) mass is 251 g/mol. The van der Waals surface area contributed by atoms with Gasteiger partial charge in [0.1, 0.15) is 0 Å². The number of aromatic hydroxyl groups is 1. The van der Waals surface area contributed by atoms with Crippen LogP contribution in [0.3, 0.4) is 0 Å². The Bertz CT molecular complexity index is 352. The number of nitrogens with one attached hydrogen (secondary N) is 1. The number of benzene rings is 1. The van der Waals surface area contributed by atoms with Crippen LogP contribution >= 0.6 is 0 Å². The molecule has 1 aromatic rings. The maximum atomic E-state index is 9.62. The number of ether oxygens (including phenoxy) is 1. The summed E-state index contributed by atoms with van der Waals surface area (Å²) < 4.78 is 5.38. The molecule has 1 unspecified atom stereocenters. The SMILES string of the molecule is CCCNC(C)CCc1ccc(O)c(OCC)c1. The summed E-state index contributed by atoms with van der Waals surface area (Å²) in [5.74, 6) is 0.807. The molecule has 1 aromatic carbocycles. The van der Waals surface area contributed by atoms with E-state index in [9.17, 15) is 5.11 Å². The van der Waals surface area contributed by atoms with Gasteiger partial charge in [-0.3, -0.25) is 0 Å². The molecule has 0 saturated heterocycles. The van der Waals surface area contributed by atoms with Gasteiger partial charge in [-0.05, 0) is 57.4 Å². The molecule has 0 aliphatic carbocycles. The van der Waals surface area contributed by atoms with Crippen molar-refractivity contribution in [2.24, 2.45) is 0 Å². The number of phenols is 1. The van der Waals surface area contributed by atoms with Gasteiger partial charge in [0.2, 0.25) is 0 Å². The zero-order valence-electron chi connectivity index (χ0n) is 11.7. The van der Waals surface area contributed by atoms with E-state index in [0.29, 0.717) is 18.4 Å². The summed E-state index contributed by atoms with van der Waals surface area (Å²) in [5.41, 5.74) is 1.21. The second-order valence-electron chi connectivity index (χ2n) is 4.63. The fourth-order valence-corrected chi connectivity index (χ4v) is 1.86. The topological polar surface area (TPSA) is 41.5 Å². The van der Waals surface area contributed by atoms with Crippen LogP contribution < -0.4 is 10.1 Å². The Labute approximate surface area is 110 Å². The average molecular weight is 251 g/mol. The summed E-state index contributed by atoms with van der Waals surface area (Å²) in [6, 6.07) is 6.13. The summed E-state index contributed by atoms with van der Waals surface area (Å²) in [6.45, 7) is 7.95. The summed E-state index contributed by atoms with van der Waals surface area (Å²) in [7, 11) is 0. The molecule has 2 N–H and O–H groups in total. The number of phenolic OH excluding ortho intramolecular Hbond substituents is 1. The van der Waals surface area contributed by atoms with Gasteiger partial charge in [0, 0.05) is 6.04 Å². The molecule has 1 atom stereocenters. The first-order valence-corrected chi connectivity index (χ1v) is 6.85. The molecule has 0 heterocycles. The van der Waals surface area contributed by atoms with Crippen molar-refractivity contribution >= 4 is 0 Å². The molecule has 0 fully saturated rings. The van der Waals surface area contributed by atoms with E-state index in [-0.39, 0.29) is 5.75 Å². The molecule has 0 spiro atoms. The molecule has 0 amide bonds. The van der Waals surface area contributed by atoms with E-state index in [4.69, 9.17) is 4.74 Å². The summed E-state index contributed by atoms with van der Waals surface area (Å²) >= 11 is 0. The highest BCUT2D eigenvalue weighted by atomic mass is 16.5. The summed E-state index contributed by atoms with van der Waals surface area (Å²) in [5, 5.41) is 13.1. The molecular weight excluding hydrogens is 226 g/mol. The van der Waals surface area contributed by atoms with Gasteiger partial charge in [0.25, 0.3) is 0 Å². The number of hydrogen-bond donors (Lipinski definition) is 2. The van der Waals surface area contributed by atoms with Crippen LogP contribution in [0.1, 0.15) is 39.2 Å². The molecule has 102 valence electrons. The standard InChI is InChI=1S/C15H25NO2/c1-4-10-16-12(3)6-7-13-8-9-14(17)15(11-13)18-5-2/h8-9,11-12,16-17H,4-7,10H2,1-3H3. The molecule has 3 nitrogen and oxygen atoms in total. The molecule has 18 heavy (non-hydrogen) atoms. The Kier molecular flexibility index (Phi) is 6.58. The third-order valence-corrected chi connectivity index (χ3v) is 2.93. The quantitative estimate of drug-likeness (QED) is 0.746. The van der Waals surface area contributed by atoms with E-state index in [1.807, 2.05) is 19.1 Å². The second-order valence-corrected chi connectivity index (χ2v) is 4.63. The van der Waals surface area contributed by atoms with E-state index in [1.165, 1.54) is 5.56 Å². The van der Waals surface area contributed by atoms with Crippen LogP contribution in [0.5, 0.6) is 11.5 Å². The van der Waals surface area contributed by atoms with Crippen LogP contribution in [0.25, 0.3) is 0 Å². The molecule has 0 aromatic heterocycles. The third kappa shape index (κ3) is 4.96. The third-order valence-electron chi connectivity index (χ3n) is 2.93. The molecule has 1 rings (SSSR count). The summed E-state index contributed by atoms with van der Waals surface area (Å²) in [4.78, 5) is 0. The molecule has 0 radical (unpaired) electrons. The van der Waals surface area contributed by atoms with E-state index in [1.54, 1.807) is 6.07 Å². The second kappa shape index (κ2) is 7.98. The Morgan fingerprint density at radius 3 is 2.78 bits per heavy atom. The Morgan fingerprint density at radius 1 is 1.33 bits per heavy atom. The normalized spacial score (nSPS) is 12.4. The predicted octanol–water partition coefficient (Wildman–Crippen LogP) is 3.11. The first kappa shape index (κ1) is 14.8. The van der Waals surface area contributed by atoms with Crippen LogP contribution in [-0.2, 0) is 6.42 Å². The minimum absolute atomic E-state index is 0.220. The highest BCUT2D eigenvalue weighted by molar-refractivity contribution is 5.41. The van der Waals surface area contributed by atoms with Gasteiger partial charge in [0.05, 0.1) is 6.61 Å². The van der Waals surface area contributed by atoms with E-state index in [2.05, 4.69) is 19.2 Å². The lowest BCUT2D eigenvalue weighted by atomic mass is 10.1. The highest BCUT2D eigenvalue weighted by Gasteiger charge is 2.05. The Morgan fingerprint density at radius 2 is 2.11 bits per heavy atom. The van der Waals surface area contributed by atoms with Crippen molar-refractivity contribution < 1.29 is 9.84 Å². The van der Waals surface area contributed by atoms with Gasteiger partial charge in [-0.1, -0.05) is 13.0 Å². The van der Waals surface area contributed by atoms with Crippen molar-refractivity contribution in [2.45, 2.75) is 46.1 Å². The van der Waals surface area contributed by atoms with Crippen molar-refractivity contribution in [3.05, 3.63) is 23.8 Å². The first-order chi connectivity index (χ1) is 8.67. The summed E-state index contributed by atoms with van der Waals surface area (Å²) in [6.07, 6.45) is 3.26. The van der Waals surface area contributed by atoms with Gasteiger partial charge in [0.15, 0.2) is 11.5 Å². The molecular formula is C15H25NO2. The zero-order valence-corrected chi connectivity index (χ0v) is 11.7. The molecule has 0 bridgehead atoms. The molecule has 3 heteroatoms. The van der Waals surface area contributed by atoms with E-state index in [0.717, 1.165) is 25.8 Å². The molecule has 0 aliphatic rings. The van der Waals surface area contributed by atoms with Crippen LogP contribution in [0, 0.1) is 0 Å². The minimum Gasteiger partial charge on any atom is -0.504 e.